The van der Waals surface area contributed by atoms with E-state index in [-0.39, 0.29) is 23.7 Å². The summed E-state index contributed by atoms with van der Waals surface area (Å²) in [5, 5.41) is 9.09. The van der Waals surface area contributed by atoms with Crippen molar-refractivity contribution >= 4 is 39.8 Å². The molecule has 2 heterocycles. The Morgan fingerprint density at radius 1 is 1.10 bits per heavy atom. The molecule has 200 valence electrons. The Kier molecular flexibility index (Phi) is 6.91. The third-order valence-electron chi connectivity index (χ3n) is 7.51. The van der Waals surface area contributed by atoms with E-state index in [0.717, 1.165) is 53.8 Å². The second-order valence-electron chi connectivity index (χ2n) is 9.91. The number of nitrogens with one attached hydrogen (secondary N) is 1. The lowest BCUT2D eigenvalue weighted by Crippen LogP contribution is -2.17. The van der Waals surface area contributed by atoms with Crippen LogP contribution < -0.4 is 10.1 Å². The Bertz CT molecular complexity index is 1560. The number of amides is 1. The van der Waals surface area contributed by atoms with Gasteiger partial charge in [-0.25, -0.2) is 9.48 Å². The number of halogens is 1. The number of aromatic nitrogens is 2. The minimum Gasteiger partial charge on any atom is -0.495 e. The molecule has 2 aliphatic rings. The van der Waals surface area contributed by atoms with Gasteiger partial charge in [0.25, 0.3) is 0 Å². The van der Waals surface area contributed by atoms with Crippen LogP contribution in [0.25, 0.3) is 16.9 Å². The summed E-state index contributed by atoms with van der Waals surface area (Å²) in [5.41, 5.74) is 5.11. The number of para-hydroxylation sites is 1. The first-order valence-corrected chi connectivity index (χ1v) is 14.2. The quantitative estimate of drug-likeness (QED) is 0.255. The predicted octanol–water partition coefficient (Wildman–Crippen LogP) is 6.67. The van der Waals surface area contributed by atoms with Gasteiger partial charge in [0.05, 0.1) is 36.2 Å². The van der Waals surface area contributed by atoms with Crippen LogP contribution in [-0.4, -0.2) is 35.9 Å². The Labute approximate surface area is 235 Å². The lowest BCUT2D eigenvalue weighted by Gasteiger charge is -2.11. The van der Waals surface area contributed by atoms with Gasteiger partial charge in [-0.3, -0.25) is 4.79 Å². The molecule has 2 aromatic carbocycles. The molecule has 4 aromatic rings. The molecule has 39 heavy (non-hydrogen) atoms. The van der Waals surface area contributed by atoms with Gasteiger partial charge in [-0.05, 0) is 68.0 Å². The van der Waals surface area contributed by atoms with Crippen LogP contribution in [0.1, 0.15) is 51.5 Å². The molecule has 1 amide bonds. The average Bonchev–Trinajstić information content (AvgIpc) is 3.50. The lowest BCUT2D eigenvalue weighted by atomic mass is 9.95. The number of ether oxygens (including phenoxy) is 2. The summed E-state index contributed by atoms with van der Waals surface area (Å²) >= 11 is 7.96. The van der Waals surface area contributed by atoms with E-state index in [1.165, 1.54) is 23.3 Å². The van der Waals surface area contributed by atoms with Crippen molar-refractivity contribution in [3.63, 3.8) is 0 Å². The Morgan fingerprint density at radius 2 is 1.90 bits per heavy atom. The maximum Gasteiger partial charge on any atom is 0.341 e. The van der Waals surface area contributed by atoms with Gasteiger partial charge in [0.2, 0.25) is 5.91 Å². The number of esters is 1. The molecule has 0 saturated heterocycles. The molecule has 6 rings (SSSR count). The molecule has 0 radical (unpaired) electrons. The van der Waals surface area contributed by atoms with Gasteiger partial charge in [0.1, 0.15) is 10.8 Å². The zero-order chi connectivity index (χ0) is 27.1. The van der Waals surface area contributed by atoms with Gasteiger partial charge in [0, 0.05) is 34.0 Å². The number of fused-ring (bicyclic) bond motifs is 1. The summed E-state index contributed by atoms with van der Waals surface area (Å²) < 4.78 is 12.2. The zero-order valence-corrected chi connectivity index (χ0v) is 23.3. The van der Waals surface area contributed by atoms with Crippen LogP contribution in [0.2, 0.25) is 5.02 Å². The summed E-state index contributed by atoms with van der Waals surface area (Å²) in [6.45, 7) is 0. The lowest BCUT2D eigenvalue weighted by molar-refractivity contribution is -0.117. The maximum atomic E-state index is 13.5. The Balaban J connectivity index is 1.31. The summed E-state index contributed by atoms with van der Waals surface area (Å²) in [5.74, 6) is -0.118. The molecule has 1 fully saturated rings. The first-order valence-electron chi connectivity index (χ1n) is 13.0. The van der Waals surface area contributed by atoms with E-state index in [4.69, 9.17) is 26.2 Å². The number of carbonyl (C=O) groups excluding carboxylic acids is 2. The van der Waals surface area contributed by atoms with E-state index in [0.29, 0.717) is 27.8 Å². The highest BCUT2D eigenvalue weighted by atomic mass is 35.5. The van der Waals surface area contributed by atoms with Crippen molar-refractivity contribution in [3.8, 4) is 22.7 Å². The third-order valence-corrected chi connectivity index (χ3v) is 9.02. The Hall–Kier alpha value is -3.62. The summed E-state index contributed by atoms with van der Waals surface area (Å²) in [6, 6.07) is 15.5. The van der Waals surface area contributed by atoms with Crippen LogP contribution in [0.5, 0.6) is 5.75 Å². The topological polar surface area (TPSA) is 82.5 Å². The summed E-state index contributed by atoms with van der Waals surface area (Å²) in [6.07, 6.45) is 6.60. The van der Waals surface area contributed by atoms with Gasteiger partial charge in [0.15, 0.2) is 0 Å². The highest BCUT2D eigenvalue weighted by molar-refractivity contribution is 7.17. The number of nitrogens with zero attached hydrogens (tertiary/aromatic N) is 2. The van der Waals surface area contributed by atoms with Crippen LogP contribution in [0, 0.1) is 5.92 Å². The van der Waals surface area contributed by atoms with Crippen LogP contribution >= 0.6 is 22.9 Å². The molecule has 2 aromatic heterocycles. The smallest absolute Gasteiger partial charge is 0.341 e. The minimum absolute atomic E-state index is 0.00509. The highest BCUT2D eigenvalue weighted by Gasteiger charge is 2.46. The number of benzene rings is 2. The fraction of sp³-hybridized carbons (Fsp3) is 0.300. The monoisotopic (exact) mass is 561 g/mol. The van der Waals surface area contributed by atoms with Crippen molar-refractivity contribution in [3.05, 3.63) is 81.3 Å². The second kappa shape index (κ2) is 10.5. The van der Waals surface area contributed by atoms with Crippen molar-refractivity contribution in [1.82, 2.24) is 9.78 Å². The van der Waals surface area contributed by atoms with E-state index in [2.05, 4.69) is 5.32 Å². The van der Waals surface area contributed by atoms with Crippen molar-refractivity contribution in [1.29, 1.82) is 0 Å². The van der Waals surface area contributed by atoms with E-state index in [1.807, 2.05) is 59.4 Å². The van der Waals surface area contributed by atoms with Crippen LogP contribution in [0.15, 0.2) is 54.7 Å². The molecular formula is C30H28ClN3O4S. The SMILES string of the molecule is COC(=O)c1c(NC(=O)C2CC2c2cn(-c3ccccc3)nc2-c2ccc(OC)c(Cl)c2)sc2c1CCCC2. The largest absolute Gasteiger partial charge is 0.495 e. The number of rotatable bonds is 7. The Morgan fingerprint density at radius 3 is 2.64 bits per heavy atom. The molecule has 7 nitrogen and oxygen atoms in total. The van der Waals surface area contributed by atoms with E-state index in [9.17, 15) is 9.59 Å². The van der Waals surface area contributed by atoms with Gasteiger partial charge in [-0.2, -0.15) is 5.10 Å². The first kappa shape index (κ1) is 25.6. The maximum absolute atomic E-state index is 13.5. The number of anilines is 1. The average molecular weight is 562 g/mol. The molecule has 0 bridgehead atoms. The number of hydrogen-bond acceptors (Lipinski definition) is 6. The molecule has 2 aliphatic carbocycles. The van der Waals surface area contributed by atoms with Gasteiger partial charge in [-0.15, -0.1) is 11.3 Å². The normalized spacial score (nSPS) is 17.8. The van der Waals surface area contributed by atoms with E-state index < -0.39 is 0 Å². The molecule has 1 N–H and O–H groups in total. The van der Waals surface area contributed by atoms with Crippen LogP contribution in [-0.2, 0) is 22.4 Å². The number of hydrogen-bond donors (Lipinski definition) is 1. The zero-order valence-electron chi connectivity index (χ0n) is 21.7. The van der Waals surface area contributed by atoms with Gasteiger partial charge >= 0.3 is 5.97 Å². The van der Waals surface area contributed by atoms with Crippen molar-refractivity contribution < 1.29 is 19.1 Å². The van der Waals surface area contributed by atoms with Gasteiger partial charge < -0.3 is 14.8 Å². The van der Waals surface area contributed by atoms with Crippen LogP contribution in [0.4, 0.5) is 5.00 Å². The molecule has 0 spiro atoms. The fourth-order valence-corrected chi connectivity index (χ4v) is 6.95. The van der Waals surface area contributed by atoms with E-state index in [1.54, 1.807) is 7.11 Å². The second-order valence-corrected chi connectivity index (χ2v) is 11.4. The summed E-state index contributed by atoms with van der Waals surface area (Å²) in [7, 11) is 2.97. The fourth-order valence-electron chi connectivity index (χ4n) is 5.41. The molecule has 2 unspecified atom stereocenters. The first-order chi connectivity index (χ1) is 19.0. The van der Waals surface area contributed by atoms with Gasteiger partial charge in [-0.1, -0.05) is 29.8 Å². The molecule has 9 heteroatoms. The molecular weight excluding hydrogens is 534 g/mol. The van der Waals surface area contributed by atoms with E-state index >= 15 is 0 Å². The number of methoxy groups -OCH3 is 2. The molecule has 2 atom stereocenters. The molecule has 1 saturated carbocycles. The van der Waals surface area contributed by atoms with Crippen molar-refractivity contribution in [2.45, 2.75) is 38.0 Å². The third kappa shape index (κ3) is 4.83. The van der Waals surface area contributed by atoms with Crippen LogP contribution in [0.3, 0.4) is 0 Å². The predicted molar refractivity (Wildman–Crippen MR) is 152 cm³/mol. The number of thiophene rings is 1. The highest BCUT2D eigenvalue weighted by Crippen LogP contribution is 2.51. The van der Waals surface area contributed by atoms with Crippen molar-refractivity contribution in [2.24, 2.45) is 5.92 Å². The molecule has 0 aliphatic heterocycles. The standard InChI is InChI=1S/C30H28ClN3O4S/c1-37-24-13-12-17(14-23(24)31)27-22(16-34(33-27)18-8-4-3-5-9-18)20-15-21(20)28(35)32-29-26(30(36)38-2)19-10-6-7-11-25(19)39-29/h3-5,8-9,12-14,16,20-21H,6-7,10-11,15H2,1-2H3,(H,32,35). The van der Waals surface area contributed by atoms with Crippen molar-refractivity contribution in [2.75, 3.05) is 19.5 Å². The number of carbonyl (C=O) groups is 2. The summed E-state index contributed by atoms with van der Waals surface area (Å²) in [4.78, 5) is 27.3. The number of aryl methyl sites for hydroxylation is 1. The minimum atomic E-state index is -0.389.